The van der Waals surface area contributed by atoms with Gasteiger partial charge in [-0.25, -0.2) is 8.91 Å². The van der Waals surface area contributed by atoms with E-state index in [9.17, 15) is 9.18 Å². The molecule has 3 heterocycles. The standard InChI is InChI=1S/C22H22FN5O/c1-14-19(15-8-10-16(23)11-9-15)21-25-24-20-18(28(21)26-14)12-13-27(22(20)29)17-6-4-2-3-5-7-17/h8-13,17H,2-7H2,1H3. The van der Waals surface area contributed by atoms with Gasteiger partial charge in [-0.05, 0) is 43.5 Å². The van der Waals surface area contributed by atoms with E-state index in [2.05, 4.69) is 15.3 Å². The number of aryl methyl sites for hydroxylation is 1. The molecule has 1 aliphatic rings. The number of fused-ring (bicyclic) bond motifs is 3. The first-order valence-electron chi connectivity index (χ1n) is 10.2. The Morgan fingerprint density at radius 3 is 2.45 bits per heavy atom. The van der Waals surface area contributed by atoms with Crippen molar-refractivity contribution in [2.24, 2.45) is 0 Å². The molecular weight excluding hydrogens is 369 g/mol. The summed E-state index contributed by atoms with van der Waals surface area (Å²) in [5.41, 5.74) is 3.80. The number of hydrogen-bond acceptors (Lipinski definition) is 4. The number of pyridine rings is 1. The summed E-state index contributed by atoms with van der Waals surface area (Å²) in [6.45, 7) is 1.88. The van der Waals surface area contributed by atoms with Gasteiger partial charge in [0.25, 0.3) is 5.56 Å². The fourth-order valence-corrected chi connectivity index (χ4v) is 4.45. The van der Waals surface area contributed by atoms with Crippen molar-refractivity contribution in [3.8, 4) is 11.1 Å². The number of benzene rings is 1. The first-order chi connectivity index (χ1) is 14.1. The first-order valence-corrected chi connectivity index (χ1v) is 10.2. The topological polar surface area (TPSA) is 65.1 Å². The molecule has 0 atom stereocenters. The van der Waals surface area contributed by atoms with E-state index in [4.69, 9.17) is 0 Å². The summed E-state index contributed by atoms with van der Waals surface area (Å²) in [5.74, 6) is -0.293. The highest BCUT2D eigenvalue weighted by atomic mass is 19.1. The molecule has 1 fully saturated rings. The minimum absolute atomic E-state index is 0.111. The van der Waals surface area contributed by atoms with Crippen LogP contribution in [-0.2, 0) is 0 Å². The van der Waals surface area contributed by atoms with Gasteiger partial charge in [0.05, 0.1) is 11.3 Å². The van der Waals surface area contributed by atoms with Gasteiger partial charge in [-0.3, -0.25) is 4.79 Å². The van der Waals surface area contributed by atoms with Crippen LogP contribution in [0.1, 0.15) is 50.3 Å². The van der Waals surface area contributed by atoms with Gasteiger partial charge in [0.1, 0.15) is 11.3 Å². The van der Waals surface area contributed by atoms with E-state index in [1.807, 2.05) is 23.8 Å². The lowest BCUT2D eigenvalue weighted by Crippen LogP contribution is -2.25. The van der Waals surface area contributed by atoms with Crippen molar-refractivity contribution < 1.29 is 4.39 Å². The molecule has 7 heteroatoms. The molecule has 0 radical (unpaired) electrons. The molecule has 1 saturated carbocycles. The molecule has 0 saturated heterocycles. The number of hydrogen-bond donors (Lipinski definition) is 0. The molecule has 0 spiro atoms. The number of aromatic nitrogens is 5. The molecule has 5 rings (SSSR count). The van der Waals surface area contributed by atoms with Crippen molar-refractivity contribution in [3.63, 3.8) is 0 Å². The zero-order valence-corrected chi connectivity index (χ0v) is 16.3. The molecule has 0 N–H and O–H groups in total. The zero-order valence-electron chi connectivity index (χ0n) is 16.3. The Morgan fingerprint density at radius 1 is 1.00 bits per heavy atom. The maximum atomic E-state index is 13.3. The third kappa shape index (κ3) is 3.01. The molecule has 148 valence electrons. The average Bonchev–Trinajstić information content (AvgIpc) is 2.89. The van der Waals surface area contributed by atoms with E-state index < -0.39 is 0 Å². The molecule has 29 heavy (non-hydrogen) atoms. The van der Waals surface area contributed by atoms with E-state index >= 15 is 0 Å². The highest BCUT2D eigenvalue weighted by Crippen LogP contribution is 2.29. The Hall–Kier alpha value is -3.09. The van der Waals surface area contributed by atoms with Gasteiger partial charge in [-0.15, -0.1) is 10.2 Å². The number of rotatable bonds is 2. The van der Waals surface area contributed by atoms with E-state index in [-0.39, 0.29) is 17.4 Å². The average molecular weight is 391 g/mol. The van der Waals surface area contributed by atoms with Gasteiger partial charge in [0, 0.05) is 12.2 Å². The summed E-state index contributed by atoms with van der Waals surface area (Å²) in [5, 5.41) is 13.2. The van der Waals surface area contributed by atoms with Crippen molar-refractivity contribution >= 4 is 16.7 Å². The molecule has 3 aromatic heterocycles. The molecule has 1 aromatic carbocycles. The number of halogens is 1. The lowest BCUT2D eigenvalue weighted by molar-refractivity contribution is 0.433. The predicted octanol–water partition coefficient (Wildman–Crippen LogP) is 4.45. The second-order valence-corrected chi connectivity index (χ2v) is 7.81. The predicted molar refractivity (Wildman–Crippen MR) is 109 cm³/mol. The maximum Gasteiger partial charge on any atom is 0.280 e. The molecular formula is C22H22FN5O. The van der Waals surface area contributed by atoms with Crippen LogP contribution in [-0.4, -0.2) is 24.4 Å². The van der Waals surface area contributed by atoms with Crippen LogP contribution >= 0.6 is 0 Å². The van der Waals surface area contributed by atoms with Crippen LogP contribution in [0.2, 0.25) is 0 Å². The highest BCUT2D eigenvalue weighted by molar-refractivity contribution is 5.84. The monoisotopic (exact) mass is 391 g/mol. The van der Waals surface area contributed by atoms with Gasteiger partial charge in [-0.2, -0.15) is 5.10 Å². The summed E-state index contributed by atoms with van der Waals surface area (Å²) in [4.78, 5) is 13.2. The highest BCUT2D eigenvalue weighted by Gasteiger charge is 2.20. The SMILES string of the molecule is Cc1nn2c(nnc3c(=O)n(C4CCCCCC4)ccc32)c1-c1ccc(F)cc1. The molecule has 1 aliphatic carbocycles. The van der Waals surface area contributed by atoms with Gasteiger partial charge in [0.2, 0.25) is 0 Å². The van der Waals surface area contributed by atoms with E-state index in [0.29, 0.717) is 16.7 Å². The Kier molecular flexibility index (Phi) is 4.38. The minimum atomic E-state index is -0.293. The molecule has 4 aromatic rings. The fourth-order valence-electron chi connectivity index (χ4n) is 4.45. The van der Waals surface area contributed by atoms with Crippen LogP contribution in [0.4, 0.5) is 4.39 Å². The van der Waals surface area contributed by atoms with Gasteiger partial charge in [-0.1, -0.05) is 37.8 Å². The minimum Gasteiger partial charge on any atom is -0.310 e. The van der Waals surface area contributed by atoms with Crippen LogP contribution in [0, 0.1) is 12.7 Å². The normalized spacial score (nSPS) is 15.8. The van der Waals surface area contributed by atoms with E-state index in [1.165, 1.54) is 25.0 Å². The third-order valence-corrected chi connectivity index (χ3v) is 5.93. The van der Waals surface area contributed by atoms with Crippen LogP contribution in [0.3, 0.4) is 0 Å². The van der Waals surface area contributed by atoms with Gasteiger partial charge >= 0.3 is 0 Å². The Balaban J connectivity index is 1.68. The second kappa shape index (κ2) is 7.06. The molecule has 0 aliphatic heterocycles. The van der Waals surface area contributed by atoms with Crippen LogP contribution in [0.25, 0.3) is 27.8 Å². The lowest BCUT2D eigenvalue weighted by Gasteiger charge is -2.17. The Morgan fingerprint density at radius 2 is 1.72 bits per heavy atom. The van der Waals surface area contributed by atoms with E-state index in [1.54, 1.807) is 16.6 Å². The van der Waals surface area contributed by atoms with E-state index in [0.717, 1.165) is 42.5 Å². The Labute approximate surface area is 167 Å². The molecule has 0 unspecified atom stereocenters. The zero-order chi connectivity index (χ0) is 20.0. The van der Waals surface area contributed by atoms with Crippen molar-refractivity contribution in [1.29, 1.82) is 0 Å². The van der Waals surface area contributed by atoms with Crippen LogP contribution in [0.5, 0.6) is 0 Å². The molecule has 6 nitrogen and oxygen atoms in total. The summed E-state index contributed by atoms with van der Waals surface area (Å²) < 4.78 is 16.8. The smallest absolute Gasteiger partial charge is 0.280 e. The first kappa shape index (κ1) is 18.0. The Bertz CT molecular complexity index is 1250. The summed E-state index contributed by atoms with van der Waals surface area (Å²) in [7, 11) is 0. The largest absolute Gasteiger partial charge is 0.310 e. The van der Waals surface area contributed by atoms with Crippen molar-refractivity contribution in [1.82, 2.24) is 24.4 Å². The summed E-state index contributed by atoms with van der Waals surface area (Å²) in [6, 6.07) is 8.37. The van der Waals surface area contributed by atoms with Gasteiger partial charge in [0.15, 0.2) is 11.2 Å². The summed E-state index contributed by atoms with van der Waals surface area (Å²) >= 11 is 0. The molecule has 0 bridgehead atoms. The van der Waals surface area contributed by atoms with Crippen molar-refractivity contribution in [2.45, 2.75) is 51.5 Å². The second-order valence-electron chi connectivity index (χ2n) is 7.81. The van der Waals surface area contributed by atoms with Gasteiger partial charge < -0.3 is 4.57 Å². The van der Waals surface area contributed by atoms with Crippen LogP contribution < -0.4 is 5.56 Å². The fraction of sp³-hybridized carbons (Fsp3) is 0.364. The maximum absolute atomic E-state index is 13.3. The van der Waals surface area contributed by atoms with Crippen LogP contribution in [0.15, 0.2) is 41.3 Å². The molecule has 0 amide bonds. The summed E-state index contributed by atoms with van der Waals surface area (Å²) in [6.07, 6.45) is 8.69. The number of nitrogens with zero attached hydrogens (tertiary/aromatic N) is 5. The van der Waals surface area contributed by atoms with Crippen molar-refractivity contribution in [2.75, 3.05) is 0 Å². The van der Waals surface area contributed by atoms with Crippen molar-refractivity contribution in [3.05, 3.63) is 58.4 Å². The third-order valence-electron chi connectivity index (χ3n) is 5.93. The lowest BCUT2D eigenvalue weighted by atomic mass is 10.1. The quantitative estimate of drug-likeness (QED) is 0.474.